The molecule has 0 amide bonds. The third-order valence-corrected chi connectivity index (χ3v) is 4.03. The monoisotopic (exact) mass is 318 g/mol. The van der Waals surface area contributed by atoms with Crippen molar-refractivity contribution in [1.82, 2.24) is 0 Å². The quantitative estimate of drug-likeness (QED) is 0.413. The van der Waals surface area contributed by atoms with Crippen LogP contribution in [0.4, 0.5) is 0 Å². The molecule has 1 aliphatic rings. The van der Waals surface area contributed by atoms with Crippen LogP contribution in [0.1, 0.15) is 58.3 Å². The van der Waals surface area contributed by atoms with Gasteiger partial charge in [0.05, 0.1) is 13.2 Å². The Morgan fingerprint density at radius 3 is 2.36 bits per heavy atom. The maximum atomic E-state index is 11.7. The molecule has 1 fully saturated rings. The molecule has 6 nitrogen and oxygen atoms in total. The van der Waals surface area contributed by atoms with Crippen molar-refractivity contribution >= 4 is 5.97 Å². The topological polar surface area (TPSA) is 96.2 Å². The second-order valence-electron chi connectivity index (χ2n) is 5.94. The van der Waals surface area contributed by atoms with E-state index in [1.54, 1.807) is 0 Å². The zero-order valence-corrected chi connectivity index (χ0v) is 13.4. The lowest BCUT2D eigenvalue weighted by molar-refractivity contribution is -0.210. The van der Waals surface area contributed by atoms with Crippen LogP contribution in [0, 0.1) is 0 Å². The second kappa shape index (κ2) is 10.9. The number of aliphatic hydroxyl groups excluding tert-OH is 3. The minimum atomic E-state index is -1.24. The predicted octanol–water partition coefficient (Wildman–Crippen LogP) is 1.15. The number of rotatable bonds is 10. The van der Waals surface area contributed by atoms with Gasteiger partial charge in [0.2, 0.25) is 0 Å². The lowest BCUT2D eigenvalue weighted by atomic mass is 10.0. The first kappa shape index (κ1) is 19.4. The molecule has 4 atom stereocenters. The van der Waals surface area contributed by atoms with Crippen molar-refractivity contribution in [2.45, 2.75) is 82.7 Å². The Labute approximate surface area is 132 Å². The van der Waals surface area contributed by atoms with Gasteiger partial charge in [-0.3, -0.25) is 4.79 Å². The van der Waals surface area contributed by atoms with Gasteiger partial charge in [0.25, 0.3) is 0 Å². The van der Waals surface area contributed by atoms with E-state index in [9.17, 15) is 15.0 Å². The first-order valence-corrected chi connectivity index (χ1v) is 8.38. The number of hydrogen-bond acceptors (Lipinski definition) is 6. The van der Waals surface area contributed by atoms with Gasteiger partial charge in [-0.2, -0.15) is 0 Å². The van der Waals surface area contributed by atoms with Gasteiger partial charge in [-0.25, -0.2) is 0 Å². The number of carbonyl (C=O) groups excluding carboxylic acids is 1. The first-order valence-electron chi connectivity index (χ1n) is 8.38. The van der Waals surface area contributed by atoms with E-state index in [1.807, 2.05) is 0 Å². The molecule has 130 valence electrons. The van der Waals surface area contributed by atoms with Crippen LogP contribution in [0.2, 0.25) is 0 Å². The molecule has 0 aromatic heterocycles. The molecular formula is C16H30O6. The molecule has 1 heterocycles. The van der Waals surface area contributed by atoms with Crippen LogP contribution in [0.25, 0.3) is 0 Å². The van der Waals surface area contributed by atoms with E-state index in [1.165, 1.54) is 25.7 Å². The van der Waals surface area contributed by atoms with Crippen LogP contribution in [-0.4, -0.2) is 58.9 Å². The van der Waals surface area contributed by atoms with Gasteiger partial charge in [-0.05, 0) is 6.42 Å². The molecule has 6 heteroatoms. The smallest absolute Gasteiger partial charge is 0.306 e. The van der Waals surface area contributed by atoms with E-state index in [0.717, 1.165) is 19.3 Å². The molecular weight excluding hydrogens is 288 g/mol. The van der Waals surface area contributed by atoms with Crippen molar-refractivity contribution in [3.05, 3.63) is 0 Å². The zero-order valence-electron chi connectivity index (χ0n) is 13.4. The summed E-state index contributed by atoms with van der Waals surface area (Å²) in [6.07, 6.45) is 4.00. The van der Waals surface area contributed by atoms with E-state index in [2.05, 4.69) is 6.92 Å². The van der Waals surface area contributed by atoms with Gasteiger partial charge in [0.15, 0.2) is 6.10 Å². The van der Waals surface area contributed by atoms with Crippen molar-refractivity contribution < 1.29 is 29.6 Å². The zero-order chi connectivity index (χ0) is 16.4. The fourth-order valence-electron chi connectivity index (χ4n) is 2.57. The Kier molecular flexibility index (Phi) is 9.63. The lowest BCUT2D eigenvalue weighted by Crippen LogP contribution is -2.55. The van der Waals surface area contributed by atoms with Crippen molar-refractivity contribution in [2.24, 2.45) is 0 Å². The number of carbonyl (C=O) groups is 1. The molecule has 3 N–H and O–H groups in total. The number of hydrogen-bond donors (Lipinski definition) is 3. The summed E-state index contributed by atoms with van der Waals surface area (Å²) < 4.78 is 10.3. The van der Waals surface area contributed by atoms with E-state index >= 15 is 0 Å². The molecule has 0 unspecified atom stereocenters. The largest absolute Gasteiger partial charge is 0.457 e. The molecule has 1 saturated heterocycles. The summed E-state index contributed by atoms with van der Waals surface area (Å²) in [5.41, 5.74) is 0. The summed E-state index contributed by atoms with van der Waals surface area (Å²) >= 11 is 0. The van der Waals surface area contributed by atoms with Crippen molar-refractivity contribution in [3.8, 4) is 0 Å². The molecule has 0 spiro atoms. The van der Waals surface area contributed by atoms with E-state index < -0.39 is 24.4 Å². The summed E-state index contributed by atoms with van der Waals surface area (Å²) in [4.78, 5) is 11.7. The summed E-state index contributed by atoms with van der Waals surface area (Å²) in [5.74, 6) is -0.379. The first-order chi connectivity index (χ1) is 10.6. The van der Waals surface area contributed by atoms with Gasteiger partial charge >= 0.3 is 5.97 Å². The average Bonchev–Trinajstić information content (AvgIpc) is 2.51. The fourth-order valence-corrected chi connectivity index (χ4v) is 2.57. The molecule has 0 aliphatic carbocycles. The molecule has 22 heavy (non-hydrogen) atoms. The highest BCUT2D eigenvalue weighted by atomic mass is 16.6. The molecule has 0 saturated carbocycles. The van der Waals surface area contributed by atoms with E-state index in [4.69, 9.17) is 14.6 Å². The van der Waals surface area contributed by atoms with Crippen molar-refractivity contribution in [3.63, 3.8) is 0 Å². The third-order valence-electron chi connectivity index (χ3n) is 4.03. The van der Waals surface area contributed by atoms with Crippen LogP contribution in [0.15, 0.2) is 0 Å². The van der Waals surface area contributed by atoms with Gasteiger partial charge in [0, 0.05) is 6.42 Å². The van der Waals surface area contributed by atoms with Gasteiger partial charge < -0.3 is 24.8 Å². The fraction of sp³-hybridized carbons (Fsp3) is 0.938. The second-order valence-corrected chi connectivity index (χ2v) is 5.94. The summed E-state index contributed by atoms with van der Waals surface area (Å²) in [5, 5.41) is 28.5. The van der Waals surface area contributed by atoms with Crippen molar-refractivity contribution in [2.75, 3.05) is 13.2 Å². The summed E-state index contributed by atoms with van der Waals surface area (Å²) in [7, 11) is 0. The maximum Gasteiger partial charge on any atom is 0.306 e. The number of esters is 1. The van der Waals surface area contributed by atoms with Crippen LogP contribution >= 0.6 is 0 Å². The van der Waals surface area contributed by atoms with Gasteiger partial charge in [0.1, 0.15) is 18.3 Å². The minimum Gasteiger partial charge on any atom is -0.457 e. The minimum absolute atomic E-state index is 0.00773. The summed E-state index contributed by atoms with van der Waals surface area (Å²) in [6.45, 7) is 1.79. The van der Waals surface area contributed by atoms with Gasteiger partial charge in [-0.1, -0.05) is 45.4 Å². The Morgan fingerprint density at radius 2 is 1.73 bits per heavy atom. The van der Waals surface area contributed by atoms with Crippen LogP contribution < -0.4 is 0 Å². The molecule has 0 bridgehead atoms. The highest BCUT2D eigenvalue weighted by Gasteiger charge is 2.40. The SMILES string of the molecule is CCCCCCCCCC(=O)O[C@@H]1CO[C@H](CO)[C@@H](O)[C@@H]1O. The standard InChI is InChI=1S/C16H30O6/c1-2-3-4-5-6-7-8-9-14(18)22-13-11-21-12(10-17)15(19)16(13)20/h12-13,15-17,19-20H,2-11H2,1H3/t12-,13-,15-,16-/m1/s1. The Bertz CT molecular complexity index is 309. The highest BCUT2D eigenvalue weighted by molar-refractivity contribution is 5.69. The molecule has 0 aromatic carbocycles. The van der Waals surface area contributed by atoms with Crippen LogP contribution in [0.3, 0.4) is 0 Å². The molecule has 0 radical (unpaired) electrons. The number of ether oxygens (including phenoxy) is 2. The van der Waals surface area contributed by atoms with Crippen LogP contribution in [0.5, 0.6) is 0 Å². The Balaban J connectivity index is 2.14. The highest BCUT2D eigenvalue weighted by Crippen LogP contribution is 2.18. The van der Waals surface area contributed by atoms with Crippen LogP contribution in [-0.2, 0) is 14.3 Å². The molecule has 1 rings (SSSR count). The Morgan fingerprint density at radius 1 is 1.09 bits per heavy atom. The van der Waals surface area contributed by atoms with E-state index in [-0.39, 0.29) is 19.2 Å². The normalized spacial score (nSPS) is 28.5. The maximum absolute atomic E-state index is 11.7. The van der Waals surface area contributed by atoms with Crippen molar-refractivity contribution in [1.29, 1.82) is 0 Å². The number of aliphatic hydroxyl groups is 3. The van der Waals surface area contributed by atoms with Gasteiger partial charge in [-0.15, -0.1) is 0 Å². The average molecular weight is 318 g/mol. The third kappa shape index (κ3) is 6.60. The molecule has 0 aromatic rings. The molecule has 1 aliphatic heterocycles. The Hall–Kier alpha value is -0.690. The number of unbranched alkanes of at least 4 members (excludes halogenated alkanes) is 6. The lowest BCUT2D eigenvalue weighted by Gasteiger charge is -2.36. The summed E-state index contributed by atoms with van der Waals surface area (Å²) in [6, 6.07) is 0. The predicted molar refractivity (Wildman–Crippen MR) is 81.3 cm³/mol. The van der Waals surface area contributed by atoms with E-state index in [0.29, 0.717) is 6.42 Å².